The number of nitrogens with one attached hydrogen (secondary N) is 1. The van der Waals surface area contributed by atoms with Crippen molar-refractivity contribution in [3.05, 3.63) is 0 Å². The molecule has 1 aliphatic heterocycles. The average Bonchev–Trinajstić information content (AvgIpc) is 2.28. The van der Waals surface area contributed by atoms with Crippen molar-refractivity contribution in [1.82, 2.24) is 5.32 Å². The molecule has 0 aromatic rings. The summed E-state index contributed by atoms with van der Waals surface area (Å²) in [6.07, 6.45) is 0.758. The number of carbonyl (C=O) groups is 2. The fourth-order valence-electron chi connectivity index (χ4n) is 1.97. The number of carbonyl (C=O) groups excluding carboxylic acids is 2. The molecule has 0 radical (unpaired) electrons. The maximum atomic E-state index is 12.0. The molecular formula is C11H20N2O3. The Morgan fingerprint density at radius 1 is 1.38 bits per heavy atom. The van der Waals surface area contributed by atoms with Gasteiger partial charge in [-0.25, -0.2) is 0 Å². The Morgan fingerprint density at radius 3 is 2.38 bits per heavy atom. The third-order valence-corrected chi connectivity index (χ3v) is 2.91. The standard InChI is InChI=1S/C11H20N2O3/c1-8(2)16-10(15)11(9(14)7-12)3-5-13-6-4-11/h8,13H,3-7,12H2,1-2H3. The second kappa shape index (κ2) is 5.41. The molecule has 1 fully saturated rings. The van der Waals surface area contributed by atoms with E-state index in [1.807, 2.05) is 0 Å². The monoisotopic (exact) mass is 228 g/mol. The van der Waals surface area contributed by atoms with Crippen LogP contribution in [0, 0.1) is 5.41 Å². The summed E-state index contributed by atoms with van der Waals surface area (Å²) in [7, 11) is 0. The van der Waals surface area contributed by atoms with Crippen LogP contribution in [0.3, 0.4) is 0 Å². The predicted molar refractivity (Wildman–Crippen MR) is 59.8 cm³/mol. The van der Waals surface area contributed by atoms with Gasteiger partial charge in [0.1, 0.15) is 5.41 Å². The van der Waals surface area contributed by atoms with Crippen LogP contribution in [0.25, 0.3) is 0 Å². The first-order valence-electron chi connectivity index (χ1n) is 5.68. The van der Waals surface area contributed by atoms with Crippen molar-refractivity contribution >= 4 is 11.8 Å². The van der Waals surface area contributed by atoms with Crippen molar-refractivity contribution in [2.24, 2.45) is 11.1 Å². The van der Waals surface area contributed by atoms with Crippen molar-refractivity contribution in [2.45, 2.75) is 32.8 Å². The average molecular weight is 228 g/mol. The highest BCUT2D eigenvalue weighted by atomic mass is 16.5. The van der Waals surface area contributed by atoms with Crippen molar-refractivity contribution < 1.29 is 14.3 Å². The van der Waals surface area contributed by atoms with Gasteiger partial charge in [-0.3, -0.25) is 9.59 Å². The molecule has 5 nitrogen and oxygen atoms in total. The molecule has 16 heavy (non-hydrogen) atoms. The van der Waals surface area contributed by atoms with Crippen LogP contribution in [-0.2, 0) is 14.3 Å². The second-order valence-corrected chi connectivity index (χ2v) is 4.41. The van der Waals surface area contributed by atoms with Crippen molar-refractivity contribution in [3.8, 4) is 0 Å². The lowest BCUT2D eigenvalue weighted by molar-refractivity contribution is -0.165. The number of ether oxygens (including phenoxy) is 1. The summed E-state index contributed by atoms with van der Waals surface area (Å²) in [4.78, 5) is 23.9. The minimum absolute atomic E-state index is 0.104. The zero-order valence-corrected chi connectivity index (χ0v) is 9.91. The summed E-state index contributed by atoms with van der Waals surface area (Å²) >= 11 is 0. The van der Waals surface area contributed by atoms with Gasteiger partial charge < -0.3 is 15.8 Å². The predicted octanol–water partition coefficient (Wildman–Crippen LogP) is -0.164. The van der Waals surface area contributed by atoms with Gasteiger partial charge in [0.25, 0.3) is 0 Å². The lowest BCUT2D eigenvalue weighted by atomic mass is 9.75. The summed E-state index contributed by atoms with van der Waals surface area (Å²) in [5, 5.41) is 3.13. The Labute approximate surface area is 95.7 Å². The molecule has 0 aliphatic carbocycles. The summed E-state index contributed by atoms with van der Waals surface area (Å²) in [6, 6.07) is 0. The number of rotatable bonds is 4. The molecule has 0 aromatic carbocycles. The zero-order valence-electron chi connectivity index (χ0n) is 9.91. The first-order chi connectivity index (χ1) is 7.53. The third kappa shape index (κ3) is 2.59. The maximum Gasteiger partial charge on any atom is 0.320 e. The van der Waals surface area contributed by atoms with Crippen molar-refractivity contribution in [2.75, 3.05) is 19.6 Å². The molecule has 5 heteroatoms. The topological polar surface area (TPSA) is 81.4 Å². The van der Waals surface area contributed by atoms with E-state index in [9.17, 15) is 9.59 Å². The van der Waals surface area contributed by atoms with Crippen LogP contribution in [0.15, 0.2) is 0 Å². The Kier molecular flexibility index (Phi) is 4.44. The number of piperidine rings is 1. The van der Waals surface area contributed by atoms with Gasteiger partial charge in [-0.05, 0) is 39.8 Å². The second-order valence-electron chi connectivity index (χ2n) is 4.41. The Bertz CT molecular complexity index is 270. The number of esters is 1. The molecule has 1 saturated heterocycles. The van der Waals surface area contributed by atoms with Crippen LogP contribution >= 0.6 is 0 Å². The van der Waals surface area contributed by atoms with E-state index in [1.54, 1.807) is 13.8 Å². The van der Waals surface area contributed by atoms with E-state index in [4.69, 9.17) is 10.5 Å². The van der Waals surface area contributed by atoms with E-state index in [2.05, 4.69) is 5.32 Å². The molecule has 0 amide bonds. The molecule has 0 aromatic heterocycles. The highest BCUT2D eigenvalue weighted by Gasteiger charge is 2.47. The lowest BCUT2D eigenvalue weighted by Crippen LogP contribution is -2.50. The molecule has 1 aliphatic rings. The van der Waals surface area contributed by atoms with E-state index in [0.29, 0.717) is 25.9 Å². The normalized spacial score (nSPS) is 19.5. The highest BCUT2D eigenvalue weighted by molar-refractivity contribution is 6.04. The van der Waals surface area contributed by atoms with Gasteiger partial charge in [0.2, 0.25) is 0 Å². The van der Waals surface area contributed by atoms with E-state index in [0.717, 1.165) is 0 Å². The summed E-state index contributed by atoms with van der Waals surface area (Å²) in [5.41, 5.74) is 4.37. The number of Topliss-reactive ketones (excluding diaryl/α,β-unsaturated/α-hetero) is 1. The number of nitrogens with two attached hydrogens (primary N) is 1. The summed E-state index contributed by atoms with van der Waals surface area (Å²) in [6.45, 7) is 4.75. The zero-order chi connectivity index (χ0) is 12.2. The van der Waals surface area contributed by atoms with Crippen molar-refractivity contribution in [1.29, 1.82) is 0 Å². The molecule has 0 bridgehead atoms. The molecule has 0 spiro atoms. The van der Waals surface area contributed by atoms with Crippen LogP contribution in [0.5, 0.6) is 0 Å². The minimum atomic E-state index is -1.01. The smallest absolute Gasteiger partial charge is 0.320 e. The van der Waals surface area contributed by atoms with Gasteiger partial charge in [-0.1, -0.05) is 0 Å². The summed E-state index contributed by atoms with van der Waals surface area (Å²) < 4.78 is 5.17. The number of hydrogen-bond donors (Lipinski definition) is 2. The Morgan fingerprint density at radius 2 is 1.94 bits per heavy atom. The van der Waals surface area contributed by atoms with Crippen LogP contribution < -0.4 is 11.1 Å². The van der Waals surface area contributed by atoms with Gasteiger partial charge in [-0.15, -0.1) is 0 Å². The van der Waals surface area contributed by atoms with Gasteiger partial charge in [0.05, 0.1) is 12.6 Å². The van der Waals surface area contributed by atoms with Crippen LogP contribution in [0.2, 0.25) is 0 Å². The minimum Gasteiger partial charge on any atom is -0.462 e. The fourth-order valence-corrected chi connectivity index (χ4v) is 1.97. The number of hydrogen-bond acceptors (Lipinski definition) is 5. The van der Waals surface area contributed by atoms with Gasteiger partial charge in [0, 0.05) is 0 Å². The molecular weight excluding hydrogens is 208 g/mol. The SMILES string of the molecule is CC(C)OC(=O)C1(C(=O)CN)CCNCC1. The summed E-state index contributed by atoms with van der Waals surface area (Å²) in [5.74, 6) is -0.626. The first-order valence-corrected chi connectivity index (χ1v) is 5.68. The van der Waals surface area contributed by atoms with Crippen LogP contribution in [-0.4, -0.2) is 37.5 Å². The molecule has 1 heterocycles. The van der Waals surface area contributed by atoms with Gasteiger partial charge >= 0.3 is 5.97 Å². The lowest BCUT2D eigenvalue weighted by Gasteiger charge is -2.34. The largest absolute Gasteiger partial charge is 0.462 e. The first kappa shape index (κ1) is 13.1. The fraction of sp³-hybridized carbons (Fsp3) is 0.818. The van der Waals surface area contributed by atoms with Crippen molar-refractivity contribution in [3.63, 3.8) is 0 Å². The van der Waals surface area contributed by atoms with E-state index >= 15 is 0 Å². The van der Waals surface area contributed by atoms with Gasteiger partial charge in [-0.2, -0.15) is 0 Å². The van der Waals surface area contributed by atoms with Crippen LogP contribution in [0.4, 0.5) is 0 Å². The van der Waals surface area contributed by atoms with E-state index < -0.39 is 11.4 Å². The third-order valence-electron chi connectivity index (χ3n) is 2.91. The quantitative estimate of drug-likeness (QED) is 0.516. The molecule has 3 N–H and O–H groups in total. The molecule has 1 rings (SSSR count). The maximum absolute atomic E-state index is 12.0. The molecule has 92 valence electrons. The molecule has 0 atom stereocenters. The molecule has 0 unspecified atom stereocenters. The van der Waals surface area contributed by atoms with Gasteiger partial charge in [0.15, 0.2) is 5.78 Å². The molecule has 0 saturated carbocycles. The Balaban J connectivity index is 2.85. The number of ketones is 1. The Hall–Kier alpha value is -0.940. The van der Waals surface area contributed by atoms with Crippen LogP contribution in [0.1, 0.15) is 26.7 Å². The highest BCUT2D eigenvalue weighted by Crippen LogP contribution is 2.31. The van der Waals surface area contributed by atoms with E-state index in [-0.39, 0.29) is 18.4 Å². The van der Waals surface area contributed by atoms with E-state index in [1.165, 1.54) is 0 Å².